The molecule has 0 saturated carbocycles. The van der Waals surface area contributed by atoms with E-state index in [1.807, 2.05) is 61.2 Å². The topological polar surface area (TPSA) is 110 Å². The number of imidazole rings is 1. The van der Waals surface area contributed by atoms with Gasteiger partial charge in [0, 0.05) is 62.6 Å². The molecule has 10 heteroatoms. The van der Waals surface area contributed by atoms with E-state index in [1.54, 1.807) is 10.9 Å². The predicted molar refractivity (Wildman–Crippen MR) is 138 cm³/mol. The Morgan fingerprint density at radius 1 is 0.946 bits per heavy atom. The first-order valence-corrected chi connectivity index (χ1v) is 12.2. The molecule has 0 aliphatic carbocycles. The van der Waals surface area contributed by atoms with E-state index >= 15 is 0 Å². The second kappa shape index (κ2) is 9.35. The Morgan fingerprint density at radius 3 is 2.49 bits per heavy atom. The third-order valence-electron chi connectivity index (χ3n) is 6.63. The van der Waals surface area contributed by atoms with Gasteiger partial charge in [-0.05, 0) is 42.8 Å². The van der Waals surface area contributed by atoms with Crippen LogP contribution >= 0.6 is 0 Å². The van der Waals surface area contributed by atoms with Crippen molar-refractivity contribution in [2.75, 3.05) is 18.0 Å². The molecule has 37 heavy (non-hydrogen) atoms. The van der Waals surface area contributed by atoms with Crippen molar-refractivity contribution in [3.8, 4) is 34.3 Å². The van der Waals surface area contributed by atoms with Gasteiger partial charge in [0.25, 0.3) is 0 Å². The maximum atomic E-state index is 9.66. The number of fused-ring (bicyclic) bond motifs is 1. The molecule has 0 radical (unpaired) electrons. The normalized spacial score (nSPS) is 14.1. The lowest BCUT2D eigenvalue weighted by Gasteiger charge is -2.32. The molecule has 10 nitrogen and oxygen atoms in total. The van der Waals surface area contributed by atoms with E-state index in [0.717, 1.165) is 59.8 Å². The van der Waals surface area contributed by atoms with E-state index in [0.29, 0.717) is 17.2 Å². The van der Waals surface area contributed by atoms with Gasteiger partial charge in [0.1, 0.15) is 29.3 Å². The molecule has 0 unspecified atom stereocenters. The van der Waals surface area contributed by atoms with Crippen LogP contribution < -0.4 is 9.64 Å². The summed E-state index contributed by atoms with van der Waals surface area (Å²) in [6.07, 6.45) is 9.13. The first-order chi connectivity index (χ1) is 18.1. The number of anilines is 1. The number of ether oxygens (including phenoxy) is 1. The molecule has 1 saturated heterocycles. The lowest BCUT2D eigenvalue weighted by molar-refractivity contribution is 0.162. The lowest BCUT2D eigenvalue weighted by Crippen LogP contribution is -2.38. The highest BCUT2D eigenvalue weighted by Gasteiger charge is 2.22. The highest BCUT2D eigenvalue weighted by atomic mass is 16.5. The average molecular weight is 492 g/mol. The quantitative estimate of drug-likeness (QED) is 0.365. The van der Waals surface area contributed by atoms with E-state index in [-0.39, 0.29) is 6.10 Å². The van der Waals surface area contributed by atoms with Crippen LogP contribution in [0.2, 0.25) is 0 Å². The minimum Gasteiger partial charge on any atom is -0.473 e. The van der Waals surface area contributed by atoms with Crippen molar-refractivity contribution in [2.24, 2.45) is 7.05 Å². The maximum absolute atomic E-state index is 9.66. The fraction of sp³-hybridized carbons (Fsp3) is 0.259. The minimum atomic E-state index is 0.113. The number of nitriles is 1. The van der Waals surface area contributed by atoms with Gasteiger partial charge in [-0.2, -0.15) is 15.5 Å². The number of aromatic nitrogens is 7. The number of aryl methyl sites for hydroxylation is 2. The first kappa shape index (κ1) is 22.7. The molecule has 0 aromatic carbocycles. The number of rotatable bonds is 5. The summed E-state index contributed by atoms with van der Waals surface area (Å²) in [7, 11) is 1.89. The summed E-state index contributed by atoms with van der Waals surface area (Å²) in [5, 5.41) is 22.1. The molecular weight excluding hydrogens is 466 g/mol. The van der Waals surface area contributed by atoms with Crippen LogP contribution in [0.1, 0.15) is 24.2 Å². The average Bonchev–Trinajstić information content (AvgIpc) is 3.56. The van der Waals surface area contributed by atoms with Crippen molar-refractivity contribution in [1.29, 1.82) is 5.26 Å². The number of hydrogen-bond donors (Lipinski definition) is 0. The molecule has 0 amide bonds. The van der Waals surface area contributed by atoms with Gasteiger partial charge in [0.15, 0.2) is 0 Å². The highest BCUT2D eigenvalue weighted by Crippen LogP contribution is 2.30. The Kier molecular flexibility index (Phi) is 5.73. The second-order valence-corrected chi connectivity index (χ2v) is 9.20. The summed E-state index contributed by atoms with van der Waals surface area (Å²) < 4.78 is 9.65. The molecule has 0 N–H and O–H groups in total. The highest BCUT2D eigenvalue weighted by molar-refractivity contribution is 5.75. The van der Waals surface area contributed by atoms with Crippen LogP contribution in [0.15, 0.2) is 61.2 Å². The summed E-state index contributed by atoms with van der Waals surface area (Å²) in [6.45, 7) is 3.60. The molecule has 1 aliphatic rings. The van der Waals surface area contributed by atoms with Crippen molar-refractivity contribution < 1.29 is 4.74 Å². The Morgan fingerprint density at radius 2 is 1.81 bits per heavy atom. The first-order valence-electron chi connectivity index (χ1n) is 12.2. The van der Waals surface area contributed by atoms with Gasteiger partial charge < -0.3 is 9.64 Å². The van der Waals surface area contributed by atoms with Crippen molar-refractivity contribution in [3.63, 3.8) is 0 Å². The van der Waals surface area contributed by atoms with Crippen LogP contribution in [0.3, 0.4) is 0 Å². The molecule has 6 rings (SSSR count). The van der Waals surface area contributed by atoms with Gasteiger partial charge in [0.2, 0.25) is 5.88 Å². The molecule has 6 heterocycles. The molecule has 5 aromatic rings. The summed E-state index contributed by atoms with van der Waals surface area (Å²) in [6, 6.07) is 14.1. The SMILES string of the molecule is Cc1ccc(OC2CCN(c3ccc(-c4cc(-c5cnn(C)c5)cc5ncc(C#N)n45)cn3)CC2)nn1. The van der Waals surface area contributed by atoms with E-state index in [4.69, 9.17) is 9.72 Å². The van der Waals surface area contributed by atoms with Gasteiger partial charge in [-0.3, -0.25) is 9.08 Å². The number of hydrogen-bond acceptors (Lipinski definition) is 8. The van der Waals surface area contributed by atoms with Gasteiger partial charge in [-0.25, -0.2) is 9.97 Å². The molecule has 0 bridgehead atoms. The van der Waals surface area contributed by atoms with Crippen molar-refractivity contribution in [2.45, 2.75) is 25.9 Å². The van der Waals surface area contributed by atoms with Crippen LogP contribution in [0.5, 0.6) is 5.88 Å². The van der Waals surface area contributed by atoms with Gasteiger partial charge >= 0.3 is 0 Å². The van der Waals surface area contributed by atoms with E-state index in [1.165, 1.54) is 0 Å². The Bertz CT molecular complexity index is 1590. The molecule has 184 valence electrons. The van der Waals surface area contributed by atoms with Crippen LogP contribution in [0.25, 0.3) is 28.0 Å². The molecule has 0 spiro atoms. The Hall–Kier alpha value is -4.78. The van der Waals surface area contributed by atoms with E-state index in [9.17, 15) is 5.26 Å². The zero-order valence-corrected chi connectivity index (χ0v) is 20.6. The number of pyridine rings is 2. The molecule has 0 atom stereocenters. The van der Waals surface area contributed by atoms with Crippen LogP contribution in [-0.4, -0.2) is 53.5 Å². The summed E-state index contributed by atoms with van der Waals surface area (Å²) in [5.74, 6) is 1.49. The van der Waals surface area contributed by atoms with Gasteiger partial charge in [-0.15, -0.1) is 5.10 Å². The standard InChI is InChI=1S/C27H25N9O/c1-18-3-6-27(33-32-18)37-23-7-9-35(10-8-23)25-5-4-19(14-29-25)24-11-20(21-15-31-34(2)17-21)12-26-30-16-22(13-28)36(24)26/h3-6,11-12,14-17,23H,7-10H2,1-2H3. The predicted octanol–water partition coefficient (Wildman–Crippen LogP) is 3.81. The van der Waals surface area contributed by atoms with E-state index < -0.39 is 0 Å². The third-order valence-corrected chi connectivity index (χ3v) is 6.63. The monoisotopic (exact) mass is 491 g/mol. The molecule has 1 aliphatic heterocycles. The maximum Gasteiger partial charge on any atom is 0.233 e. The number of piperidine rings is 1. The van der Waals surface area contributed by atoms with Crippen LogP contribution in [-0.2, 0) is 7.05 Å². The fourth-order valence-corrected chi connectivity index (χ4v) is 4.69. The van der Waals surface area contributed by atoms with Crippen molar-refractivity contribution >= 4 is 11.5 Å². The molecule has 5 aromatic heterocycles. The molecular formula is C27H25N9O. The summed E-state index contributed by atoms with van der Waals surface area (Å²) in [4.78, 5) is 11.5. The van der Waals surface area contributed by atoms with Crippen molar-refractivity contribution in [3.05, 3.63) is 72.6 Å². The summed E-state index contributed by atoms with van der Waals surface area (Å²) in [5.41, 5.74) is 5.79. The zero-order valence-electron chi connectivity index (χ0n) is 20.6. The third kappa shape index (κ3) is 4.47. The largest absolute Gasteiger partial charge is 0.473 e. The Labute approximate surface area is 213 Å². The van der Waals surface area contributed by atoms with Gasteiger partial charge in [0.05, 0.1) is 23.8 Å². The Balaban J connectivity index is 1.23. The van der Waals surface area contributed by atoms with Gasteiger partial charge in [-0.1, -0.05) is 0 Å². The van der Waals surface area contributed by atoms with Crippen molar-refractivity contribution in [1.82, 2.24) is 34.3 Å². The van der Waals surface area contributed by atoms with Crippen LogP contribution in [0, 0.1) is 18.3 Å². The number of nitrogens with zero attached hydrogens (tertiary/aromatic N) is 9. The van der Waals surface area contributed by atoms with E-state index in [2.05, 4.69) is 43.4 Å². The lowest BCUT2D eigenvalue weighted by atomic mass is 10.1. The second-order valence-electron chi connectivity index (χ2n) is 9.20. The van der Waals surface area contributed by atoms with Crippen LogP contribution in [0.4, 0.5) is 5.82 Å². The fourth-order valence-electron chi connectivity index (χ4n) is 4.69. The zero-order chi connectivity index (χ0) is 25.4. The summed E-state index contributed by atoms with van der Waals surface area (Å²) >= 11 is 0. The smallest absolute Gasteiger partial charge is 0.233 e. The molecule has 1 fully saturated rings. The minimum absolute atomic E-state index is 0.113.